The maximum absolute atomic E-state index is 9.72. The van der Waals surface area contributed by atoms with Gasteiger partial charge in [0.25, 0.3) is 0 Å². The molecule has 0 saturated carbocycles. The van der Waals surface area contributed by atoms with Crippen LogP contribution < -0.4 is 10.1 Å². The maximum Gasteiger partial charge on any atom is 0.121 e. The molecule has 0 aliphatic carbocycles. The van der Waals surface area contributed by atoms with E-state index in [1.807, 2.05) is 32.0 Å². The van der Waals surface area contributed by atoms with Crippen LogP contribution in [0.3, 0.4) is 0 Å². The van der Waals surface area contributed by atoms with E-state index in [1.54, 1.807) is 0 Å². The summed E-state index contributed by atoms with van der Waals surface area (Å²) in [5.74, 6) is 0.707. The van der Waals surface area contributed by atoms with Crippen LogP contribution in [0.25, 0.3) is 11.0 Å². The van der Waals surface area contributed by atoms with Crippen LogP contribution in [-0.2, 0) is 0 Å². The first-order chi connectivity index (χ1) is 8.65. The van der Waals surface area contributed by atoms with Gasteiger partial charge in [-0.25, -0.2) is 0 Å². The summed E-state index contributed by atoms with van der Waals surface area (Å²) in [5, 5.41) is 12.9. The van der Waals surface area contributed by atoms with Crippen LogP contribution in [0.1, 0.15) is 13.8 Å². The van der Waals surface area contributed by atoms with Gasteiger partial charge in [0.15, 0.2) is 0 Å². The number of aromatic nitrogens is 2. The molecule has 18 heavy (non-hydrogen) atoms. The van der Waals surface area contributed by atoms with Gasteiger partial charge < -0.3 is 15.2 Å². The number of nitrogens with zero attached hydrogens (tertiary/aromatic N) is 2. The Bertz CT molecular complexity index is 501. The highest BCUT2D eigenvalue weighted by atomic mass is 32.1. The van der Waals surface area contributed by atoms with Crippen molar-refractivity contribution in [2.45, 2.75) is 26.0 Å². The molecule has 0 amide bonds. The van der Waals surface area contributed by atoms with Crippen LogP contribution >= 0.6 is 11.7 Å². The summed E-state index contributed by atoms with van der Waals surface area (Å²) in [7, 11) is 0. The Labute approximate surface area is 110 Å². The summed E-state index contributed by atoms with van der Waals surface area (Å²) in [6, 6.07) is 5.90. The summed E-state index contributed by atoms with van der Waals surface area (Å²) in [4.78, 5) is 0. The van der Waals surface area contributed by atoms with Gasteiger partial charge in [-0.2, -0.15) is 8.75 Å². The summed E-state index contributed by atoms with van der Waals surface area (Å²) >= 11 is 1.18. The molecule has 0 saturated heterocycles. The first kappa shape index (κ1) is 13.2. The van der Waals surface area contributed by atoms with Crippen LogP contribution in [0.2, 0.25) is 0 Å². The Balaban J connectivity index is 1.85. The highest BCUT2D eigenvalue weighted by Gasteiger charge is 2.07. The zero-order chi connectivity index (χ0) is 13.0. The highest BCUT2D eigenvalue weighted by Crippen LogP contribution is 2.18. The predicted molar refractivity (Wildman–Crippen MR) is 72.1 cm³/mol. The number of benzene rings is 1. The monoisotopic (exact) mass is 267 g/mol. The SMILES string of the molecule is CC(C)NCC(O)COc1ccc2nsnc2c1. The van der Waals surface area contributed by atoms with E-state index < -0.39 is 6.10 Å². The minimum atomic E-state index is -0.517. The molecule has 0 fully saturated rings. The molecule has 0 spiro atoms. The Morgan fingerprint density at radius 3 is 2.89 bits per heavy atom. The molecule has 1 atom stereocenters. The van der Waals surface area contributed by atoms with Crippen molar-refractivity contribution in [2.75, 3.05) is 13.2 Å². The molecule has 0 aliphatic heterocycles. The van der Waals surface area contributed by atoms with E-state index in [-0.39, 0.29) is 6.61 Å². The average molecular weight is 267 g/mol. The molecule has 1 aromatic heterocycles. The minimum absolute atomic E-state index is 0.267. The van der Waals surface area contributed by atoms with E-state index >= 15 is 0 Å². The fraction of sp³-hybridized carbons (Fsp3) is 0.500. The molecule has 5 nitrogen and oxygen atoms in total. The number of rotatable bonds is 6. The van der Waals surface area contributed by atoms with Crippen molar-refractivity contribution < 1.29 is 9.84 Å². The highest BCUT2D eigenvalue weighted by molar-refractivity contribution is 7.00. The third-order valence-electron chi connectivity index (χ3n) is 2.43. The van der Waals surface area contributed by atoms with Crippen LogP contribution in [-0.4, -0.2) is 39.2 Å². The third kappa shape index (κ3) is 3.63. The molecule has 98 valence electrons. The number of hydrogen-bond donors (Lipinski definition) is 2. The van der Waals surface area contributed by atoms with E-state index in [1.165, 1.54) is 11.7 Å². The van der Waals surface area contributed by atoms with E-state index in [4.69, 9.17) is 4.74 Å². The molecule has 2 N–H and O–H groups in total. The Kier molecular flexibility index (Phi) is 4.46. The zero-order valence-corrected chi connectivity index (χ0v) is 11.3. The molecule has 0 bridgehead atoms. The van der Waals surface area contributed by atoms with Crippen molar-refractivity contribution in [1.29, 1.82) is 0 Å². The lowest BCUT2D eigenvalue weighted by atomic mass is 10.3. The van der Waals surface area contributed by atoms with E-state index in [9.17, 15) is 5.11 Å². The summed E-state index contributed by atoms with van der Waals surface area (Å²) in [6.07, 6.45) is -0.517. The Morgan fingerprint density at radius 2 is 2.11 bits per heavy atom. The molecule has 0 aliphatic rings. The molecular weight excluding hydrogens is 250 g/mol. The van der Waals surface area contributed by atoms with E-state index in [2.05, 4.69) is 14.1 Å². The third-order valence-corrected chi connectivity index (χ3v) is 2.99. The predicted octanol–water partition coefficient (Wildman–Crippen LogP) is 1.43. The second-order valence-electron chi connectivity index (χ2n) is 4.44. The number of nitrogens with one attached hydrogen (secondary N) is 1. The largest absolute Gasteiger partial charge is 0.491 e. The van der Waals surface area contributed by atoms with Gasteiger partial charge in [-0.15, -0.1) is 0 Å². The second kappa shape index (κ2) is 6.08. The number of aliphatic hydroxyl groups excluding tert-OH is 1. The number of hydrogen-bond acceptors (Lipinski definition) is 6. The average Bonchev–Trinajstić information content (AvgIpc) is 2.81. The normalized spacial score (nSPS) is 13.1. The second-order valence-corrected chi connectivity index (χ2v) is 4.97. The van der Waals surface area contributed by atoms with E-state index in [0.29, 0.717) is 18.3 Å². The lowest BCUT2D eigenvalue weighted by molar-refractivity contribution is 0.105. The molecule has 6 heteroatoms. The lowest BCUT2D eigenvalue weighted by Gasteiger charge is -2.14. The first-order valence-corrected chi connectivity index (χ1v) is 6.65. The quantitative estimate of drug-likeness (QED) is 0.828. The van der Waals surface area contributed by atoms with Crippen molar-refractivity contribution in [3.63, 3.8) is 0 Å². The molecule has 0 radical (unpaired) electrons. The minimum Gasteiger partial charge on any atom is -0.491 e. The topological polar surface area (TPSA) is 67.3 Å². The first-order valence-electron chi connectivity index (χ1n) is 5.91. The molecule has 1 aromatic carbocycles. The smallest absolute Gasteiger partial charge is 0.121 e. The number of fused-ring (bicyclic) bond motifs is 1. The van der Waals surface area contributed by atoms with Crippen LogP contribution in [0, 0.1) is 0 Å². The van der Waals surface area contributed by atoms with Gasteiger partial charge >= 0.3 is 0 Å². The molecule has 1 heterocycles. The fourth-order valence-electron chi connectivity index (χ4n) is 1.47. The number of aliphatic hydroxyl groups is 1. The van der Waals surface area contributed by atoms with Crippen LogP contribution in [0.15, 0.2) is 18.2 Å². The van der Waals surface area contributed by atoms with Crippen molar-refractivity contribution in [2.24, 2.45) is 0 Å². The van der Waals surface area contributed by atoms with Gasteiger partial charge in [0.1, 0.15) is 29.5 Å². The van der Waals surface area contributed by atoms with Crippen molar-refractivity contribution in [3.05, 3.63) is 18.2 Å². The Hall–Kier alpha value is -1.24. The fourth-order valence-corrected chi connectivity index (χ4v) is 1.99. The standard InChI is InChI=1S/C12H17N3O2S/c1-8(2)13-6-9(16)7-17-10-3-4-11-12(5-10)15-18-14-11/h3-5,8-9,13,16H,6-7H2,1-2H3. The summed E-state index contributed by atoms with van der Waals surface area (Å²) in [6.45, 7) is 4.87. The van der Waals surface area contributed by atoms with Crippen molar-refractivity contribution >= 4 is 22.8 Å². The van der Waals surface area contributed by atoms with Crippen molar-refractivity contribution in [3.8, 4) is 5.75 Å². The molecular formula is C12H17N3O2S. The number of ether oxygens (including phenoxy) is 1. The van der Waals surface area contributed by atoms with Gasteiger partial charge in [-0.1, -0.05) is 13.8 Å². The van der Waals surface area contributed by atoms with E-state index in [0.717, 1.165) is 11.0 Å². The maximum atomic E-state index is 9.72. The van der Waals surface area contributed by atoms with Crippen LogP contribution in [0.4, 0.5) is 0 Å². The van der Waals surface area contributed by atoms with Gasteiger partial charge in [0.05, 0.1) is 11.7 Å². The molecule has 2 rings (SSSR count). The van der Waals surface area contributed by atoms with Gasteiger partial charge in [0.2, 0.25) is 0 Å². The lowest BCUT2D eigenvalue weighted by Crippen LogP contribution is -2.35. The van der Waals surface area contributed by atoms with Gasteiger partial charge in [-0.3, -0.25) is 0 Å². The zero-order valence-electron chi connectivity index (χ0n) is 10.5. The molecule has 1 unspecified atom stereocenters. The Morgan fingerprint density at radius 1 is 1.33 bits per heavy atom. The summed E-state index contributed by atoms with van der Waals surface area (Å²) in [5.41, 5.74) is 1.70. The van der Waals surface area contributed by atoms with Crippen molar-refractivity contribution in [1.82, 2.24) is 14.1 Å². The van der Waals surface area contributed by atoms with Gasteiger partial charge in [-0.05, 0) is 12.1 Å². The van der Waals surface area contributed by atoms with Gasteiger partial charge in [0, 0.05) is 18.7 Å². The van der Waals surface area contributed by atoms with Crippen LogP contribution in [0.5, 0.6) is 5.75 Å². The molecule has 2 aromatic rings. The summed E-state index contributed by atoms with van der Waals surface area (Å²) < 4.78 is 13.8.